The van der Waals surface area contributed by atoms with Gasteiger partial charge in [-0.05, 0) is 61.4 Å². The fourth-order valence-electron chi connectivity index (χ4n) is 3.60. The van der Waals surface area contributed by atoms with Gasteiger partial charge < -0.3 is 9.47 Å². The van der Waals surface area contributed by atoms with Gasteiger partial charge in [0, 0.05) is 9.79 Å². The quantitative estimate of drug-likeness (QED) is 0.211. The van der Waals surface area contributed by atoms with E-state index in [1.54, 1.807) is 0 Å². The maximum atomic E-state index is 12.9. The molecule has 2 rings (SSSR count). The van der Waals surface area contributed by atoms with Crippen LogP contribution in [0.5, 0.6) is 11.5 Å². The molecule has 0 aliphatic rings. The molecule has 0 fully saturated rings. The van der Waals surface area contributed by atoms with Crippen LogP contribution in [0.3, 0.4) is 0 Å². The summed E-state index contributed by atoms with van der Waals surface area (Å²) in [6.07, 6.45) is 15.1. The van der Waals surface area contributed by atoms with Crippen LogP contribution in [0.4, 0.5) is 0 Å². The second-order valence-corrected chi connectivity index (χ2v) is 9.92. The van der Waals surface area contributed by atoms with Crippen molar-refractivity contribution in [1.29, 1.82) is 0 Å². The average Bonchev–Trinajstić information content (AvgIpc) is 2.83. The molecule has 0 bridgehead atoms. The Morgan fingerprint density at radius 3 is 1.25 bits per heavy atom. The molecule has 0 radical (unpaired) electrons. The summed E-state index contributed by atoms with van der Waals surface area (Å²) in [5, 5.41) is 0. The summed E-state index contributed by atoms with van der Waals surface area (Å²) in [5.41, 5.74) is 0. The summed E-state index contributed by atoms with van der Waals surface area (Å²) >= 11 is 0. The second kappa shape index (κ2) is 16.8. The predicted molar refractivity (Wildman–Crippen MR) is 135 cm³/mol. The van der Waals surface area contributed by atoms with E-state index in [-0.39, 0.29) is 0 Å². The van der Waals surface area contributed by atoms with E-state index in [1.807, 2.05) is 48.5 Å². The first-order valence-corrected chi connectivity index (χ1v) is 13.8. The molecule has 0 saturated carbocycles. The van der Waals surface area contributed by atoms with Crippen LogP contribution in [0.1, 0.15) is 90.9 Å². The minimum Gasteiger partial charge on any atom is -0.494 e. The van der Waals surface area contributed by atoms with Crippen LogP contribution in [0.25, 0.3) is 0 Å². The van der Waals surface area contributed by atoms with Gasteiger partial charge in [-0.25, -0.2) is 4.21 Å². The summed E-state index contributed by atoms with van der Waals surface area (Å²) in [7, 11) is -1.20. The molecule has 0 aromatic heterocycles. The first-order valence-electron chi connectivity index (χ1n) is 12.6. The highest BCUT2D eigenvalue weighted by atomic mass is 32.2. The van der Waals surface area contributed by atoms with Gasteiger partial charge in [-0.15, -0.1) is 0 Å². The van der Waals surface area contributed by atoms with E-state index in [0.29, 0.717) is 0 Å². The van der Waals surface area contributed by atoms with E-state index < -0.39 is 10.8 Å². The van der Waals surface area contributed by atoms with Crippen molar-refractivity contribution in [1.82, 2.24) is 0 Å². The van der Waals surface area contributed by atoms with Crippen molar-refractivity contribution < 1.29 is 13.7 Å². The number of ether oxygens (including phenoxy) is 2. The van der Waals surface area contributed by atoms with E-state index in [4.69, 9.17) is 9.47 Å². The minimum absolute atomic E-state index is 0.745. The zero-order valence-corrected chi connectivity index (χ0v) is 21.0. The lowest BCUT2D eigenvalue weighted by Gasteiger charge is -2.09. The van der Waals surface area contributed by atoms with Gasteiger partial charge in [0.25, 0.3) is 0 Å². The van der Waals surface area contributed by atoms with Gasteiger partial charge in [0.1, 0.15) is 11.5 Å². The molecule has 178 valence electrons. The maximum Gasteiger partial charge on any atom is 0.119 e. The van der Waals surface area contributed by atoms with Gasteiger partial charge in [0.2, 0.25) is 0 Å². The van der Waals surface area contributed by atoms with Crippen molar-refractivity contribution in [3.8, 4) is 11.5 Å². The van der Waals surface area contributed by atoms with E-state index in [0.717, 1.165) is 47.3 Å². The normalized spacial score (nSPS) is 11.1. The van der Waals surface area contributed by atoms with E-state index in [9.17, 15) is 4.21 Å². The minimum atomic E-state index is -1.20. The number of benzene rings is 2. The lowest BCUT2D eigenvalue weighted by atomic mass is 10.1. The topological polar surface area (TPSA) is 35.5 Å². The molecule has 0 saturated heterocycles. The molecular weight excluding hydrogens is 416 g/mol. The standard InChI is InChI=1S/C28H42O3S/c1-3-5-7-9-11-13-23-30-25-15-19-27(20-16-25)32(29)28-21-17-26(18-22-28)31-24-14-12-10-8-6-4-2/h15-22H,3-14,23-24H2,1-2H3. The molecule has 0 amide bonds. The lowest BCUT2D eigenvalue weighted by molar-refractivity contribution is 0.304. The Morgan fingerprint density at radius 2 is 0.875 bits per heavy atom. The molecule has 32 heavy (non-hydrogen) atoms. The second-order valence-electron chi connectivity index (χ2n) is 8.44. The third-order valence-corrected chi connectivity index (χ3v) is 7.01. The van der Waals surface area contributed by atoms with E-state index in [2.05, 4.69) is 13.8 Å². The van der Waals surface area contributed by atoms with Crippen molar-refractivity contribution >= 4 is 10.8 Å². The van der Waals surface area contributed by atoms with Gasteiger partial charge in [-0.2, -0.15) is 0 Å². The highest BCUT2D eigenvalue weighted by Gasteiger charge is 2.08. The van der Waals surface area contributed by atoms with E-state index >= 15 is 0 Å². The monoisotopic (exact) mass is 458 g/mol. The molecule has 2 aromatic rings. The average molecular weight is 459 g/mol. The zero-order chi connectivity index (χ0) is 22.9. The Morgan fingerprint density at radius 1 is 0.531 bits per heavy atom. The van der Waals surface area contributed by atoms with Crippen LogP contribution in [0.2, 0.25) is 0 Å². The van der Waals surface area contributed by atoms with Crippen molar-refractivity contribution in [2.45, 2.75) is 101 Å². The zero-order valence-electron chi connectivity index (χ0n) is 20.2. The van der Waals surface area contributed by atoms with Crippen LogP contribution >= 0.6 is 0 Å². The molecule has 2 aromatic carbocycles. The van der Waals surface area contributed by atoms with Crippen LogP contribution in [0.15, 0.2) is 58.3 Å². The van der Waals surface area contributed by atoms with Crippen molar-refractivity contribution in [2.24, 2.45) is 0 Å². The van der Waals surface area contributed by atoms with Gasteiger partial charge in [0.15, 0.2) is 0 Å². The SMILES string of the molecule is CCCCCCCCOc1ccc(S(=O)c2ccc(OCCCCCCCC)cc2)cc1. The third-order valence-electron chi connectivity index (χ3n) is 5.61. The van der Waals surface area contributed by atoms with Gasteiger partial charge in [0.05, 0.1) is 24.0 Å². The predicted octanol–water partition coefficient (Wildman–Crippen LogP) is 8.33. The van der Waals surface area contributed by atoms with Crippen LogP contribution in [-0.2, 0) is 10.8 Å². The van der Waals surface area contributed by atoms with Gasteiger partial charge >= 0.3 is 0 Å². The Hall–Kier alpha value is -1.81. The first kappa shape index (κ1) is 26.4. The molecule has 4 heteroatoms. The fraction of sp³-hybridized carbons (Fsp3) is 0.571. The van der Waals surface area contributed by atoms with E-state index in [1.165, 1.54) is 64.2 Å². The number of rotatable bonds is 18. The van der Waals surface area contributed by atoms with Crippen molar-refractivity contribution in [3.63, 3.8) is 0 Å². The molecule has 0 N–H and O–H groups in total. The summed E-state index contributed by atoms with van der Waals surface area (Å²) in [4.78, 5) is 1.58. The Bertz CT molecular complexity index is 677. The summed E-state index contributed by atoms with van der Waals surface area (Å²) in [6.45, 7) is 5.96. The summed E-state index contributed by atoms with van der Waals surface area (Å²) < 4.78 is 24.5. The largest absolute Gasteiger partial charge is 0.494 e. The maximum absolute atomic E-state index is 12.9. The van der Waals surface area contributed by atoms with Gasteiger partial charge in [-0.3, -0.25) is 0 Å². The summed E-state index contributed by atoms with van der Waals surface area (Å²) in [5.74, 6) is 1.69. The molecule has 0 aliphatic heterocycles. The molecule has 0 spiro atoms. The highest BCUT2D eigenvalue weighted by Crippen LogP contribution is 2.22. The third kappa shape index (κ3) is 10.7. The van der Waals surface area contributed by atoms with Gasteiger partial charge in [-0.1, -0.05) is 78.1 Å². The molecule has 0 aliphatic carbocycles. The van der Waals surface area contributed by atoms with Crippen LogP contribution in [0, 0.1) is 0 Å². The highest BCUT2D eigenvalue weighted by molar-refractivity contribution is 7.85. The van der Waals surface area contributed by atoms with Crippen LogP contribution in [-0.4, -0.2) is 17.4 Å². The van der Waals surface area contributed by atoms with Crippen molar-refractivity contribution in [2.75, 3.05) is 13.2 Å². The molecule has 0 heterocycles. The smallest absolute Gasteiger partial charge is 0.119 e. The van der Waals surface area contributed by atoms with Crippen LogP contribution < -0.4 is 9.47 Å². The fourth-order valence-corrected chi connectivity index (χ4v) is 4.64. The molecule has 0 atom stereocenters. The lowest BCUT2D eigenvalue weighted by Crippen LogP contribution is -1.99. The molecular formula is C28H42O3S. The summed E-state index contributed by atoms with van der Waals surface area (Å²) in [6, 6.07) is 15.3. The molecule has 0 unspecified atom stereocenters. The Balaban J connectivity index is 1.69. The number of hydrogen-bond donors (Lipinski definition) is 0. The Kier molecular flexibility index (Phi) is 13.9. The Labute approximate surface area is 198 Å². The number of unbranched alkanes of at least 4 members (excludes halogenated alkanes) is 10. The first-order chi connectivity index (χ1) is 15.7. The number of hydrogen-bond acceptors (Lipinski definition) is 3. The van der Waals surface area contributed by atoms with Crippen molar-refractivity contribution in [3.05, 3.63) is 48.5 Å². The molecule has 3 nitrogen and oxygen atoms in total.